The molecule has 0 aromatic carbocycles. The van der Waals surface area contributed by atoms with Crippen molar-refractivity contribution in [2.24, 2.45) is 0 Å². The number of nitrogens with one attached hydrogen (secondary N) is 1. The van der Waals surface area contributed by atoms with Gasteiger partial charge in [-0.25, -0.2) is 9.97 Å². The largest absolute Gasteiger partial charge is 0.366 e. The fraction of sp³-hybridized carbons (Fsp3) is 0.625. The third-order valence-corrected chi connectivity index (χ3v) is 4.56. The zero-order valence-corrected chi connectivity index (χ0v) is 13.3. The molecule has 1 aliphatic heterocycles. The van der Waals surface area contributed by atoms with E-state index < -0.39 is 0 Å². The van der Waals surface area contributed by atoms with Crippen LogP contribution < -0.4 is 5.32 Å². The van der Waals surface area contributed by atoms with Gasteiger partial charge in [0.25, 0.3) is 0 Å². The van der Waals surface area contributed by atoms with E-state index in [1.165, 1.54) is 25.7 Å². The van der Waals surface area contributed by atoms with Crippen molar-refractivity contribution in [2.45, 2.75) is 44.2 Å². The Morgan fingerprint density at radius 3 is 2.78 bits per heavy atom. The highest BCUT2D eigenvalue weighted by atomic mass is 15.5. The van der Waals surface area contributed by atoms with Gasteiger partial charge < -0.3 is 5.32 Å². The topological polar surface area (TPSA) is 71.8 Å². The molecule has 1 atom stereocenters. The average molecular weight is 313 g/mol. The Kier molecular flexibility index (Phi) is 4.19. The molecule has 1 saturated carbocycles. The van der Waals surface area contributed by atoms with Crippen LogP contribution in [0.15, 0.2) is 24.7 Å². The van der Waals surface area contributed by atoms with Gasteiger partial charge in [0.1, 0.15) is 11.6 Å². The Bertz CT molecular complexity index is 623. The molecular formula is C16H23N7. The average Bonchev–Trinajstić information content (AvgIpc) is 3.30. The quantitative estimate of drug-likeness (QED) is 0.872. The summed E-state index contributed by atoms with van der Waals surface area (Å²) in [5.41, 5.74) is 0. The van der Waals surface area contributed by atoms with E-state index in [2.05, 4.69) is 30.4 Å². The van der Waals surface area contributed by atoms with E-state index in [9.17, 15) is 0 Å². The molecule has 3 heterocycles. The van der Waals surface area contributed by atoms with E-state index >= 15 is 0 Å². The number of hydrogen-bond donors (Lipinski definition) is 1. The maximum Gasteiger partial charge on any atom is 0.133 e. The summed E-state index contributed by atoms with van der Waals surface area (Å²) in [4.78, 5) is 13.3. The molecule has 0 spiro atoms. The first kappa shape index (κ1) is 14.6. The Morgan fingerprint density at radius 2 is 1.96 bits per heavy atom. The van der Waals surface area contributed by atoms with Crippen LogP contribution >= 0.6 is 0 Å². The smallest absolute Gasteiger partial charge is 0.133 e. The van der Waals surface area contributed by atoms with Gasteiger partial charge in [-0.2, -0.15) is 15.0 Å². The number of rotatable bonds is 6. The van der Waals surface area contributed by atoms with Crippen molar-refractivity contribution in [3.8, 4) is 0 Å². The minimum absolute atomic E-state index is 0.455. The molecule has 4 rings (SSSR count). The lowest BCUT2D eigenvalue weighted by atomic mass is 10.1. The van der Waals surface area contributed by atoms with E-state index in [-0.39, 0.29) is 0 Å². The minimum Gasteiger partial charge on any atom is -0.366 e. The lowest BCUT2D eigenvalue weighted by molar-refractivity contribution is 0.203. The fourth-order valence-corrected chi connectivity index (χ4v) is 3.17. The first-order valence-electron chi connectivity index (χ1n) is 8.53. The summed E-state index contributed by atoms with van der Waals surface area (Å²) in [5, 5.41) is 11.9. The van der Waals surface area contributed by atoms with Gasteiger partial charge in [-0.1, -0.05) is 0 Å². The number of anilines is 1. The second kappa shape index (κ2) is 6.62. The Morgan fingerprint density at radius 1 is 1.09 bits per heavy atom. The fourth-order valence-electron chi connectivity index (χ4n) is 3.17. The van der Waals surface area contributed by atoms with Crippen LogP contribution in [0.25, 0.3) is 0 Å². The van der Waals surface area contributed by atoms with Crippen molar-refractivity contribution in [3.05, 3.63) is 30.5 Å². The molecule has 1 unspecified atom stereocenters. The van der Waals surface area contributed by atoms with E-state index in [1.54, 1.807) is 17.2 Å². The Balaban J connectivity index is 1.31. The molecule has 2 aromatic rings. The number of likely N-dealkylation sites (tertiary alicyclic amines) is 1. The van der Waals surface area contributed by atoms with Crippen LogP contribution in [-0.2, 0) is 6.54 Å². The van der Waals surface area contributed by atoms with Gasteiger partial charge in [0.2, 0.25) is 0 Å². The van der Waals surface area contributed by atoms with Crippen LogP contribution in [-0.4, -0.2) is 55.5 Å². The van der Waals surface area contributed by atoms with Crippen LogP contribution in [0.5, 0.6) is 0 Å². The zero-order valence-electron chi connectivity index (χ0n) is 13.3. The van der Waals surface area contributed by atoms with Crippen molar-refractivity contribution >= 4 is 5.82 Å². The molecule has 0 radical (unpaired) electrons. The summed E-state index contributed by atoms with van der Waals surface area (Å²) in [6, 6.07) is 2.44. The van der Waals surface area contributed by atoms with Gasteiger partial charge in [-0.05, 0) is 38.3 Å². The molecule has 7 nitrogen and oxygen atoms in total. The maximum atomic E-state index is 4.68. The molecule has 1 N–H and O–H groups in total. The van der Waals surface area contributed by atoms with Gasteiger partial charge in [-0.3, -0.25) is 4.90 Å². The van der Waals surface area contributed by atoms with Crippen LogP contribution in [0.4, 0.5) is 5.82 Å². The first-order chi connectivity index (χ1) is 11.4. The molecule has 2 aliphatic rings. The molecule has 1 aliphatic carbocycles. The molecule has 122 valence electrons. The molecule has 23 heavy (non-hydrogen) atoms. The summed E-state index contributed by atoms with van der Waals surface area (Å²) < 4.78 is 0. The highest BCUT2D eigenvalue weighted by Gasteiger charge is 2.27. The van der Waals surface area contributed by atoms with Crippen LogP contribution in [0.1, 0.15) is 37.4 Å². The van der Waals surface area contributed by atoms with Crippen molar-refractivity contribution in [3.63, 3.8) is 0 Å². The minimum atomic E-state index is 0.455. The van der Waals surface area contributed by atoms with Gasteiger partial charge in [0, 0.05) is 31.2 Å². The van der Waals surface area contributed by atoms with Crippen molar-refractivity contribution in [1.29, 1.82) is 0 Å². The third-order valence-electron chi connectivity index (χ3n) is 4.56. The number of aromatic nitrogens is 5. The van der Waals surface area contributed by atoms with Crippen molar-refractivity contribution in [1.82, 2.24) is 29.9 Å². The number of hydrogen-bond acceptors (Lipinski definition) is 6. The second-order valence-corrected chi connectivity index (χ2v) is 6.48. The van der Waals surface area contributed by atoms with E-state index in [0.29, 0.717) is 12.0 Å². The predicted molar refractivity (Wildman–Crippen MR) is 87.1 cm³/mol. The summed E-state index contributed by atoms with van der Waals surface area (Å²) in [5.74, 6) is 2.58. The lowest BCUT2D eigenvalue weighted by Crippen LogP contribution is -2.43. The maximum absolute atomic E-state index is 4.68. The van der Waals surface area contributed by atoms with Gasteiger partial charge in [0.15, 0.2) is 0 Å². The molecule has 2 fully saturated rings. The molecule has 0 amide bonds. The van der Waals surface area contributed by atoms with Gasteiger partial charge >= 0.3 is 0 Å². The SMILES string of the molecule is c1cc(NC2CCCN(CCn3nccn3)C2)nc(C2CC2)n1. The summed E-state index contributed by atoms with van der Waals surface area (Å²) in [6.07, 6.45) is 10.2. The van der Waals surface area contributed by atoms with Crippen LogP contribution in [0, 0.1) is 0 Å². The molecule has 2 aromatic heterocycles. The highest BCUT2D eigenvalue weighted by molar-refractivity contribution is 5.35. The second-order valence-electron chi connectivity index (χ2n) is 6.48. The monoisotopic (exact) mass is 313 g/mol. The van der Waals surface area contributed by atoms with Crippen molar-refractivity contribution < 1.29 is 0 Å². The lowest BCUT2D eigenvalue weighted by Gasteiger charge is -2.33. The predicted octanol–water partition coefficient (Wildman–Crippen LogP) is 1.52. The first-order valence-corrected chi connectivity index (χ1v) is 8.53. The molecule has 7 heteroatoms. The standard InChI is InChI=1S/C16H23N7/c1-2-14(12-22(9-1)10-11-23-18-7-8-19-23)20-15-5-6-17-16(21-15)13-3-4-13/h5-8,13-14H,1-4,9-12H2,(H,17,20,21). The number of nitrogens with zero attached hydrogens (tertiary/aromatic N) is 6. The Hall–Kier alpha value is -2.02. The van der Waals surface area contributed by atoms with Crippen LogP contribution in [0.2, 0.25) is 0 Å². The molecule has 0 bridgehead atoms. The Labute approximate surface area is 136 Å². The van der Waals surface area contributed by atoms with E-state index in [4.69, 9.17) is 0 Å². The van der Waals surface area contributed by atoms with E-state index in [1.807, 2.05) is 12.3 Å². The van der Waals surface area contributed by atoms with Gasteiger partial charge in [-0.15, -0.1) is 0 Å². The third kappa shape index (κ3) is 3.85. The summed E-state index contributed by atoms with van der Waals surface area (Å²) in [7, 11) is 0. The number of piperidine rings is 1. The summed E-state index contributed by atoms with van der Waals surface area (Å²) in [6.45, 7) is 4.03. The van der Waals surface area contributed by atoms with Gasteiger partial charge in [0.05, 0.1) is 18.9 Å². The molecular weight excluding hydrogens is 290 g/mol. The normalized spacial score (nSPS) is 22.2. The zero-order chi connectivity index (χ0) is 15.5. The van der Waals surface area contributed by atoms with E-state index in [0.717, 1.165) is 37.8 Å². The summed E-state index contributed by atoms with van der Waals surface area (Å²) >= 11 is 0. The molecule has 1 saturated heterocycles. The highest BCUT2D eigenvalue weighted by Crippen LogP contribution is 2.38. The van der Waals surface area contributed by atoms with Crippen molar-refractivity contribution in [2.75, 3.05) is 25.0 Å². The van der Waals surface area contributed by atoms with Crippen LogP contribution in [0.3, 0.4) is 0 Å².